The summed E-state index contributed by atoms with van der Waals surface area (Å²) in [5.74, 6) is 0.140. The Morgan fingerprint density at radius 2 is 1.77 bits per heavy atom. The van der Waals surface area contributed by atoms with Crippen LogP contribution in [0.5, 0.6) is 0 Å². The van der Waals surface area contributed by atoms with E-state index in [0.29, 0.717) is 32.8 Å². The molecule has 6 heteroatoms. The first-order valence-corrected chi connectivity index (χ1v) is 9.99. The Morgan fingerprint density at radius 1 is 0.900 bits per heavy atom. The Bertz CT molecular complexity index is 1430. The molecule has 0 aliphatic rings. The highest BCUT2D eigenvalue weighted by Crippen LogP contribution is 2.31. The normalized spacial score (nSPS) is 11.1. The average molecular weight is 433 g/mol. The van der Waals surface area contributed by atoms with Crippen LogP contribution in [-0.4, -0.2) is 10.9 Å². The Hall–Kier alpha value is -3.34. The molecule has 0 radical (unpaired) electrons. The van der Waals surface area contributed by atoms with Crippen molar-refractivity contribution in [3.63, 3.8) is 0 Å². The number of hydrogen-bond acceptors (Lipinski definition) is 3. The average Bonchev–Trinajstić information content (AvgIpc) is 3.20. The second kappa shape index (κ2) is 7.48. The van der Waals surface area contributed by atoms with E-state index in [4.69, 9.17) is 32.6 Å². The maximum Gasteiger partial charge on any atom is 0.257 e. The van der Waals surface area contributed by atoms with Crippen molar-refractivity contribution in [2.24, 2.45) is 0 Å². The van der Waals surface area contributed by atoms with Crippen LogP contribution in [0.3, 0.4) is 0 Å². The van der Waals surface area contributed by atoms with Gasteiger partial charge in [0.05, 0.1) is 10.6 Å². The molecule has 5 aromatic rings. The minimum Gasteiger partial charge on any atom is -0.436 e. The number of carbonyl (C=O) groups excluding carboxylic acids is 1. The van der Waals surface area contributed by atoms with E-state index in [1.54, 1.807) is 18.2 Å². The lowest BCUT2D eigenvalue weighted by Gasteiger charge is -2.08. The zero-order chi connectivity index (χ0) is 20.7. The van der Waals surface area contributed by atoms with Gasteiger partial charge in [-0.3, -0.25) is 4.79 Å². The number of nitrogens with zero attached hydrogens (tertiary/aromatic N) is 1. The molecule has 4 aromatic carbocycles. The van der Waals surface area contributed by atoms with Crippen molar-refractivity contribution in [1.82, 2.24) is 4.98 Å². The summed E-state index contributed by atoms with van der Waals surface area (Å²) < 4.78 is 5.98. The van der Waals surface area contributed by atoms with Gasteiger partial charge in [-0.05, 0) is 47.9 Å². The van der Waals surface area contributed by atoms with Gasteiger partial charge in [0.15, 0.2) is 5.58 Å². The van der Waals surface area contributed by atoms with E-state index in [1.807, 2.05) is 54.6 Å². The molecule has 1 aromatic heterocycles. The van der Waals surface area contributed by atoms with Crippen LogP contribution in [0, 0.1) is 0 Å². The number of fused-ring (bicyclic) bond motifs is 3. The van der Waals surface area contributed by atoms with Crippen LogP contribution < -0.4 is 5.32 Å². The first-order valence-electron chi connectivity index (χ1n) is 9.23. The molecule has 0 aliphatic heterocycles. The number of benzene rings is 4. The second-order valence-electron chi connectivity index (χ2n) is 6.81. The zero-order valence-corrected chi connectivity index (χ0v) is 17.0. The van der Waals surface area contributed by atoms with Crippen molar-refractivity contribution in [2.45, 2.75) is 0 Å². The van der Waals surface area contributed by atoms with Gasteiger partial charge < -0.3 is 9.73 Å². The first-order chi connectivity index (χ1) is 14.6. The van der Waals surface area contributed by atoms with Gasteiger partial charge in [0.1, 0.15) is 5.52 Å². The molecule has 1 N–H and O–H groups in total. The number of rotatable bonds is 3. The van der Waals surface area contributed by atoms with Crippen molar-refractivity contribution in [3.05, 3.63) is 94.5 Å². The fourth-order valence-electron chi connectivity index (χ4n) is 3.38. The van der Waals surface area contributed by atoms with Gasteiger partial charge in [-0.2, -0.15) is 0 Å². The summed E-state index contributed by atoms with van der Waals surface area (Å²) in [5, 5.41) is 5.76. The van der Waals surface area contributed by atoms with Crippen molar-refractivity contribution in [1.29, 1.82) is 0 Å². The van der Waals surface area contributed by atoms with Gasteiger partial charge in [0, 0.05) is 21.7 Å². The van der Waals surface area contributed by atoms with Crippen LogP contribution in [0.4, 0.5) is 5.69 Å². The smallest absolute Gasteiger partial charge is 0.257 e. The standard InChI is InChI=1S/C24H14Cl2N2O2/c25-16-9-10-20(26)19(13-16)23(29)27-17-6-3-5-15(12-17)24-28-22-18-7-2-1-4-14(18)8-11-21(22)30-24/h1-13H,(H,27,29). The van der Waals surface area contributed by atoms with Gasteiger partial charge in [-0.25, -0.2) is 4.98 Å². The minimum absolute atomic E-state index is 0.308. The molecule has 0 atom stereocenters. The van der Waals surface area contributed by atoms with Crippen molar-refractivity contribution in [2.75, 3.05) is 5.32 Å². The predicted octanol–water partition coefficient (Wildman–Crippen LogP) is 7.21. The van der Waals surface area contributed by atoms with E-state index in [0.717, 1.165) is 21.9 Å². The van der Waals surface area contributed by atoms with Crippen LogP contribution in [0.25, 0.3) is 33.3 Å². The maximum absolute atomic E-state index is 12.6. The Labute approximate surface area is 182 Å². The Kier molecular flexibility index (Phi) is 4.66. The van der Waals surface area contributed by atoms with Crippen molar-refractivity contribution < 1.29 is 9.21 Å². The molecule has 0 saturated heterocycles. The highest BCUT2D eigenvalue weighted by Gasteiger charge is 2.14. The van der Waals surface area contributed by atoms with E-state index in [2.05, 4.69) is 5.32 Å². The molecule has 5 rings (SSSR count). The number of oxazole rings is 1. The molecule has 146 valence electrons. The molecule has 0 spiro atoms. The molecule has 0 bridgehead atoms. The van der Waals surface area contributed by atoms with Crippen molar-refractivity contribution >= 4 is 56.7 Å². The first kappa shape index (κ1) is 18.7. The largest absolute Gasteiger partial charge is 0.436 e. The number of nitrogens with one attached hydrogen (secondary N) is 1. The number of hydrogen-bond donors (Lipinski definition) is 1. The molecular formula is C24H14Cl2N2O2. The number of anilines is 1. The highest BCUT2D eigenvalue weighted by molar-refractivity contribution is 6.36. The lowest BCUT2D eigenvalue weighted by atomic mass is 10.1. The summed E-state index contributed by atoms with van der Waals surface area (Å²) in [6.45, 7) is 0. The summed E-state index contributed by atoms with van der Waals surface area (Å²) in [6.07, 6.45) is 0. The number of carbonyl (C=O) groups is 1. The van der Waals surface area contributed by atoms with Crippen LogP contribution in [0.15, 0.2) is 83.3 Å². The zero-order valence-electron chi connectivity index (χ0n) is 15.5. The van der Waals surface area contributed by atoms with Crippen LogP contribution >= 0.6 is 23.2 Å². The molecule has 0 aliphatic carbocycles. The fraction of sp³-hybridized carbons (Fsp3) is 0. The summed E-state index contributed by atoms with van der Waals surface area (Å²) in [5.41, 5.74) is 3.18. The SMILES string of the molecule is O=C(Nc1cccc(-c2nc3c(ccc4ccccc43)o2)c1)c1cc(Cl)ccc1Cl. The van der Waals surface area contributed by atoms with Crippen molar-refractivity contribution in [3.8, 4) is 11.5 Å². The number of amides is 1. The molecule has 4 nitrogen and oxygen atoms in total. The number of aromatic nitrogens is 1. The number of halogens is 2. The summed E-state index contributed by atoms with van der Waals surface area (Å²) in [6, 6.07) is 24.0. The second-order valence-corrected chi connectivity index (χ2v) is 7.66. The monoisotopic (exact) mass is 432 g/mol. The van der Waals surface area contributed by atoms with E-state index in [-0.39, 0.29) is 5.91 Å². The van der Waals surface area contributed by atoms with Crippen LogP contribution in [-0.2, 0) is 0 Å². The molecule has 0 fully saturated rings. The summed E-state index contributed by atoms with van der Waals surface area (Å²) in [7, 11) is 0. The van der Waals surface area contributed by atoms with Gasteiger partial charge in [0.2, 0.25) is 5.89 Å². The van der Waals surface area contributed by atoms with Gasteiger partial charge in [-0.15, -0.1) is 0 Å². The van der Waals surface area contributed by atoms with E-state index >= 15 is 0 Å². The molecule has 1 heterocycles. The molecular weight excluding hydrogens is 419 g/mol. The lowest BCUT2D eigenvalue weighted by Crippen LogP contribution is -2.12. The third kappa shape index (κ3) is 3.41. The quantitative estimate of drug-likeness (QED) is 0.327. The van der Waals surface area contributed by atoms with E-state index in [1.165, 1.54) is 6.07 Å². The predicted molar refractivity (Wildman–Crippen MR) is 121 cm³/mol. The summed E-state index contributed by atoms with van der Waals surface area (Å²) >= 11 is 12.1. The Morgan fingerprint density at radius 3 is 2.67 bits per heavy atom. The van der Waals surface area contributed by atoms with Gasteiger partial charge >= 0.3 is 0 Å². The van der Waals surface area contributed by atoms with Crippen LogP contribution in [0.2, 0.25) is 10.0 Å². The summed E-state index contributed by atoms with van der Waals surface area (Å²) in [4.78, 5) is 17.3. The minimum atomic E-state index is -0.344. The molecule has 0 unspecified atom stereocenters. The molecule has 0 saturated carbocycles. The third-order valence-corrected chi connectivity index (χ3v) is 5.39. The van der Waals surface area contributed by atoms with Gasteiger partial charge in [-0.1, -0.05) is 59.6 Å². The fourth-order valence-corrected chi connectivity index (χ4v) is 3.76. The molecule has 1 amide bonds. The Balaban J connectivity index is 1.50. The van der Waals surface area contributed by atoms with Gasteiger partial charge in [0.25, 0.3) is 5.91 Å². The third-order valence-electron chi connectivity index (χ3n) is 4.82. The topological polar surface area (TPSA) is 55.1 Å². The molecule has 30 heavy (non-hydrogen) atoms. The maximum atomic E-state index is 12.6. The van der Waals surface area contributed by atoms with E-state index in [9.17, 15) is 4.79 Å². The van der Waals surface area contributed by atoms with Crippen LogP contribution in [0.1, 0.15) is 10.4 Å². The highest BCUT2D eigenvalue weighted by atomic mass is 35.5. The van der Waals surface area contributed by atoms with E-state index < -0.39 is 0 Å². The lowest BCUT2D eigenvalue weighted by molar-refractivity contribution is 0.102.